The van der Waals surface area contributed by atoms with Crippen molar-refractivity contribution in [2.24, 2.45) is 0 Å². The van der Waals surface area contributed by atoms with E-state index in [0.717, 1.165) is 0 Å². The summed E-state index contributed by atoms with van der Waals surface area (Å²) < 4.78 is 18.7. The third kappa shape index (κ3) is 7.51. The Morgan fingerprint density at radius 3 is 2.64 bits per heavy atom. The number of nitrogens with one attached hydrogen (secondary N) is 3. The van der Waals surface area contributed by atoms with Crippen LogP contribution in [-0.2, 0) is 16.1 Å². The van der Waals surface area contributed by atoms with Crippen LogP contribution in [-0.4, -0.2) is 58.5 Å². The molecular weight excluding hydrogens is 509 g/mol. The van der Waals surface area contributed by atoms with Crippen LogP contribution in [0.15, 0.2) is 67.0 Å². The molecule has 202 valence electrons. The fourth-order valence-corrected chi connectivity index (χ4v) is 3.97. The van der Waals surface area contributed by atoms with Crippen LogP contribution < -0.4 is 20.7 Å². The number of ether oxygens (including phenoxy) is 1. The summed E-state index contributed by atoms with van der Waals surface area (Å²) in [6, 6.07) is 12.2. The third-order valence-corrected chi connectivity index (χ3v) is 5.88. The molecule has 0 spiro atoms. The zero-order valence-electron chi connectivity index (χ0n) is 20.7. The van der Waals surface area contributed by atoms with E-state index >= 15 is 0 Å². The second-order valence-corrected chi connectivity index (χ2v) is 8.72. The summed E-state index contributed by atoms with van der Waals surface area (Å²) in [5.74, 6) is -2.20. The molecule has 0 aliphatic carbocycles. The lowest BCUT2D eigenvalue weighted by Gasteiger charge is -2.22. The van der Waals surface area contributed by atoms with E-state index in [1.165, 1.54) is 35.5 Å². The fraction of sp³-hybridized carbons (Fsp3) is 0.222. The molecular formula is C27H26FN5O6. The van der Waals surface area contributed by atoms with Gasteiger partial charge in [-0.05, 0) is 47.5 Å². The number of carboxylic acids is 1. The molecule has 1 atom stereocenters. The molecule has 1 aliphatic heterocycles. The molecule has 0 saturated heterocycles. The van der Waals surface area contributed by atoms with E-state index < -0.39 is 29.9 Å². The Bertz CT molecular complexity index is 1350. The standard InChI is InChI=1S/C27H26FN5O6/c28-19-5-3-17(4-6-19)14-30-27(38)31-20-7-8-23-21(12-20)26(37)33(10-11-39-23)16-24(34)32-22(13-25(35)36)18-2-1-9-29-15-18/h1-9,12,15,22H,10-11,13-14,16H2,(H,32,34)(H,35,36)(H2,30,31,38)/t22-/m1/s1. The second kappa shape index (κ2) is 12.5. The SMILES string of the molecule is O=C(O)C[C@@H](NC(=O)CN1CCOc2ccc(NC(=O)NCc3ccc(F)cc3)cc2C1=O)c1cccnc1. The number of amides is 4. The molecule has 3 aromatic rings. The first kappa shape index (κ1) is 27.0. The summed E-state index contributed by atoms with van der Waals surface area (Å²) in [4.78, 5) is 55.0. The van der Waals surface area contributed by atoms with Gasteiger partial charge in [-0.2, -0.15) is 0 Å². The molecule has 4 amide bonds. The van der Waals surface area contributed by atoms with Crippen LogP contribution in [0, 0.1) is 5.82 Å². The van der Waals surface area contributed by atoms with Crippen LogP contribution in [0.5, 0.6) is 5.75 Å². The van der Waals surface area contributed by atoms with Crippen LogP contribution >= 0.6 is 0 Å². The highest BCUT2D eigenvalue weighted by Crippen LogP contribution is 2.26. The summed E-state index contributed by atoms with van der Waals surface area (Å²) in [6.07, 6.45) is 2.66. The summed E-state index contributed by atoms with van der Waals surface area (Å²) in [5, 5.41) is 17.2. The van der Waals surface area contributed by atoms with Gasteiger partial charge in [-0.25, -0.2) is 9.18 Å². The lowest BCUT2D eigenvalue weighted by Crippen LogP contribution is -2.43. The van der Waals surface area contributed by atoms with Crippen LogP contribution in [0.4, 0.5) is 14.9 Å². The maximum absolute atomic E-state index is 13.3. The van der Waals surface area contributed by atoms with Gasteiger partial charge in [0.2, 0.25) is 5.91 Å². The van der Waals surface area contributed by atoms with Gasteiger partial charge >= 0.3 is 12.0 Å². The number of aliphatic carboxylic acids is 1. The highest BCUT2D eigenvalue weighted by Gasteiger charge is 2.27. The molecule has 4 N–H and O–H groups in total. The molecule has 0 saturated carbocycles. The third-order valence-electron chi connectivity index (χ3n) is 5.88. The van der Waals surface area contributed by atoms with Crippen molar-refractivity contribution in [2.75, 3.05) is 25.0 Å². The normalized spacial score (nSPS) is 13.4. The van der Waals surface area contributed by atoms with Crippen LogP contribution in [0.1, 0.15) is 33.9 Å². The molecule has 12 heteroatoms. The quantitative estimate of drug-likeness (QED) is 0.329. The highest BCUT2D eigenvalue weighted by atomic mass is 19.1. The molecule has 1 aromatic heterocycles. The Balaban J connectivity index is 1.40. The highest BCUT2D eigenvalue weighted by molar-refractivity contribution is 6.01. The molecule has 39 heavy (non-hydrogen) atoms. The van der Waals surface area contributed by atoms with Crippen molar-refractivity contribution in [1.29, 1.82) is 0 Å². The minimum Gasteiger partial charge on any atom is -0.491 e. The number of urea groups is 1. The number of hydrogen-bond acceptors (Lipinski definition) is 6. The van der Waals surface area contributed by atoms with Crippen molar-refractivity contribution in [1.82, 2.24) is 20.5 Å². The smallest absolute Gasteiger partial charge is 0.319 e. The van der Waals surface area contributed by atoms with Crippen molar-refractivity contribution < 1.29 is 33.4 Å². The summed E-state index contributed by atoms with van der Waals surface area (Å²) >= 11 is 0. The number of rotatable bonds is 9. The number of carbonyl (C=O) groups is 4. The molecule has 2 aromatic carbocycles. The first-order chi connectivity index (χ1) is 18.8. The van der Waals surface area contributed by atoms with Gasteiger partial charge in [0.15, 0.2) is 0 Å². The Hall–Kier alpha value is -5.00. The van der Waals surface area contributed by atoms with E-state index in [1.54, 1.807) is 36.4 Å². The number of aromatic nitrogens is 1. The van der Waals surface area contributed by atoms with Crippen molar-refractivity contribution in [3.8, 4) is 5.75 Å². The van der Waals surface area contributed by atoms with Gasteiger partial charge in [-0.3, -0.25) is 19.4 Å². The molecule has 0 unspecified atom stereocenters. The number of hydrogen-bond donors (Lipinski definition) is 4. The van der Waals surface area contributed by atoms with Gasteiger partial charge in [0.1, 0.15) is 18.2 Å². The van der Waals surface area contributed by atoms with Crippen LogP contribution in [0.2, 0.25) is 0 Å². The van der Waals surface area contributed by atoms with E-state index in [2.05, 4.69) is 20.9 Å². The van der Waals surface area contributed by atoms with E-state index in [1.807, 2.05) is 0 Å². The van der Waals surface area contributed by atoms with Gasteiger partial charge in [-0.15, -0.1) is 0 Å². The number of carbonyl (C=O) groups excluding carboxylic acids is 3. The van der Waals surface area contributed by atoms with Crippen molar-refractivity contribution in [2.45, 2.75) is 19.0 Å². The number of halogens is 1. The van der Waals surface area contributed by atoms with E-state index in [4.69, 9.17) is 4.74 Å². The van der Waals surface area contributed by atoms with Crippen LogP contribution in [0.25, 0.3) is 0 Å². The molecule has 0 bridgehead atoms. The van der Waals surface area contributed by atoms with Gasteiger partial charge in [-0.1, -0.05) is 18.2 Å². The minimum absolute atomic E-state index is 0.123. The lowest BCUT2D eigenvalue weighted by atomic mass is 10.1. The van der Waals surface area contributed by atoms with E-state index in [0.29, 0.717) is 22.6 Å². The summed E-state index contributed by atoms with van der Waals surface area (Å²) in [5.41, 5.74) is 1.72. The van der Waals surface area contributed by atoms with Gasteiger partial charge in [0.25, 0.3) is 5.91 Å². The Labute approximate surface area is 223 Å². The number of pyridine rings is 1. The maximum Gasteiger partial charge on any atom is 0.319 e. The average molecular weight is 536 g/mol. The molecule has 11 nitrogen and oxygen atoms in total. The summed E-state index contributed by atoms with van der Waals surface area (Å²) in [7, 11) is 0. The van der Waals surface area contributed by atoms with Crippen molar-refractivity contribution in [3.05, 3.63) is 89.5 Å². The number of fused-ring (bicyclic) bond motifs is 1. The van der Waals surface area contributed by atoms with Crippen molar-refractivity contribution in [3.63, 3.8) is 0 Å². The fourth-order valence-electron chi connectivity index (χ4n) is 3.97. The predicted octanol–water partition coefficient (Wildman–Crippen LogP) is 2.71. The summed E-state index contributed by atoms with van der Waals surface area (Å²) in [6.45, 7) is 0.105. The minimum atomic E-state index is -1.10. The molecule has 0 radical (unpaired) electrons. The lowest BCUT2D eigenvalue weighted by molar-refractivity contribution is -0.137. The largest absolute Gasteiger partial charge is 0.491 e. The first-order valence-electron chi connectivity index (χ1n) is 12.0. The van der Waals surface area contributed by atoms with E-state index in [9.17, 15) is 28.7 Å². The van der Waals surface area contributed by atoms with E-state index in [-0.39, 0.29) is 44.0 Å². The zero-order chi connectivity index (χ0) is 27.8. The molecule has 4 rings (SSSR count). The van der Waals surface area contributed by atoms with Crippen LogP contribution in [0.3, 0.4) is 0 Å². The zero-order valence-corrected chi connectivity index (χ0v) is 20.7. The monoisotopic (exact) mass is 535 g/mol. The molecule has 2 heterocycles. The first-order valence-corrected chi connectivity index (χ1v) is 12.0. The number of carboxylic acid groups (broad SMARTS) is 1. The molecule has 0 fully saturated rings. The second-order valence-electron chi connectivity index (χ2n) is 8.72. The predicted molar refractivity (Wildman–Crippen MR) is 137 cm³/mol. The van der Waals surface area contributed by atoms with Gasteiger partial charge < -0.3 is 30.7 Å². The Kier molecular flexibility index (Phi) is 8.67. The number of nitrogens with zero attached hydrogens (tertiary/aromatic N) is 2. The Morgan fingerprint density at radius 2 is 1.92 bits per heavy atom. The van der Waals surface area contributed by atoms with Gasteiger partial charge in [0.05, 0.1) is 31.1 Å². The average Bonchev–Trinajstić information content (AvgIpc) is 3.06. The Morgan fingerprint density at radius 1 is 1.13 bits per heavy atom. The topological polar surface area (TPSA) is 150 Å². The maximum atomic E-state index is 13.3. The number of benzene rings is 2. The molecule has 1 aliphatic rings. The number of anilines is 1. The van der Waals surface area contributed by atoms with Crippen molar-refractivity contribution >= 4 is 29.5 Å². The van der Waals surface area contributed by atoms with Gasteiger partial charge in [0, 0.05) is 24.6 Å².